The normalized spacial score (nSPS) is 13.2. The molecule has 2 aromatic carbocycles. The topological polar surface area (TPSA) is 58.1 Å². The Labute approximate surface area is 159 Å². The average Bonchev–Trinajstić information content (AvgIpc) is 2.70. The number of aryl methyl sites for hydroxylation is 2. The Bertz CT molecular complexity index is 985. The molecule has 0 fully saturated rings. The van der Waals surface area contributed by atoms with E-state index in [1.807, 2.05) is 67.4 Å². The maximum atomic E-state index is 12.7. The van der Waals surface area contributed by atoms with Crippen LogP contribution in [-0.2, 0) is 13.0 Å². The van der Waals surface area contributed by atoms with Gasteiger partial charge >= 0.3 is 6.03 Å². The summed E-state index contributed by atoms with van der Waals surface area (Å²) >= 11 is 0. The first-order valence-electron chi connectivity index (χ1n) is 9.13. The smallest absolute Gasteiger partial charge is 0.320 e. The third kappa shape index (κ3) is 3.67. The number of hydrogen-bond donors (Lipinski definition) is 1. The van der Waals surface area contributed by atoms with Gasteiger partial charge in [0, 0.05) is 36.0 Å². The van der Waals surface area contributed by atoms with E-state index in [0.29, 0.717) is 13.1 Å². The highest BCUT2D eigenvalue weighted by Gasteiger charge is 2.23. The molecule has 2 heterocycles. The second kappa shape index (κ2) is 7.19. The summed E-state index contributed by atoms with van der Waals surface area (Å²) in [5.74, 6) is 0.738. The van der Waals surface area contributed by atoms with Gasteiger partial charge in [-0.1, -0.05) is 48.0 Å². The Morgan fingerprint density at radius 1 is 1.11 bits per heavy atom. The lowest BCUT2D eigenvalue weighted by Crippen LogP contribution is -2.39. The van der Waals surface area contributed by atoms with Crippen molar-refractivity contribution >= 4 is 11.7 Å². The average molecular weight is 358 g/mol. The summed E-state index contributed by atoms with van der Waals surface area (Å²) in [6.45, 7) is 5.23. The Morgan fingerprint density at radius 2 is 1.93 bits per heavy atom. The van der Waals surface area contributed by atoms with Gasteiger partial charge in [0.15, 0.2) is 5.82 Å². The lowest BCUT2D eigenvalue weighted by molar-refractivity contribution is 0.206. The number of benzene rings is 2. The second-order valence-electron chi connectivity index (χ2n) is 6.95. The van der Waals surface area contributed by atoms with Crippen LogP contribution < -0.4 is 5.32 Å². The third-order valence-corrected chi connectivity index (χ3v) is 4.88. The number of fused-ring (bicyclic) bond motifs is 1. The molecule has 0 radical (unpaired) electrons. The molecular weight excluding hydrogens is 336 g/mol. The number of hydrogen-bond acceptors (Lipinski definition) is 3. The van der Waals surface area contributed by atoms with Crippen LogP contribution in [-0.4, -0.2) is 27.4 Å². The number of anilines is 1. The number of aromatic nitrogens is 2. The van der Waals surface area contributed by atoms with Crippen LogP contribution in [0.15, 0.2) is 54.7 Å². The van der Waals surface area contributed by atoms with Crippen molar-refractivity contribution in [3.8, 4) is 11.4 Å². The molecule has 27 heavy (non-hydrogen) atoms. The second-order valence-corrected chi connectivity index (χ2v) is 6.95. The van der Waals surface area contributed by atoms with Crippen molar-refractivity contribution in [2.24, 2.45) is 0 Å². The summed E-state index contributed by atoms with van der Waals surface area (Å²) in [6, 6.07) is 15.9. The van der Waals surface area contributed by atoms with Gasteiger partial charge in [-0.3, -0.25) is 0 Å². The van der Waals surface area contributed by atoms with Crippen molar-refractivity contribution < 1.29 is 4.79 Å². The minimum absolute atomic E-state index is 0.0836. The zero-order valence-corrected chi connectivity index (χ0v) is 15.6. The molecule has 0 atom stereocenters. The van der Waals surface area contributed by atoms with Crippen LogP contribution >= 0.6 is 0 Å². The molecule has 5 nitrogen and oxygen atoms in total. The monoisotopic (exact) mass is 358 g/mol. The zero-order valence-electron chi connectivity index (χ0n) is 15.6. The van der Waals surface area contributed by atoms with E-state index in [4.69, 9.17) is 4.98 Å². The highest BCUT2D eigenvalue weighted by Crippen LogP contribution is 2.22. The number of rotatable bonds is 2. The summed E-state index contributed by atoms with van der Waals surface area (Å²) in [5.41, 5.74) is 6.15. The van der Waals surface area contributed by atoms with Gasteiger partial charge in [0.2, 0.25) is 0 Å². The van der Waals surface area contributed by atoms with Crippen LogP contribution in [0.4, 0.5) is 10.5 Å². The number of carbonyl (C=O) groups excluding carboxylic acids is 1. The van der Waals surface area contributed by atoms with Crippen molar-refractivity contribution in [1.29, 1.82) is 0 Å². The summed E-state index contributed by atoms with van der Waals surface area (Å²) in [5, 5.41) is 3.02. The number of nitrogens with zero attached hydrogens (tertiary/aromatic N) is 3. The first-order chi connectivity index (χ1) is 13.1. The van der Waals surface area contributed by atoms with Crippen LogP contribution in [0.1, 0.15) is 22.4 Å². The Morgan fingerprint density at radius 3 is 2.70 bits per heavy atom. The number of carbonyl (C=O) groups is 1. The van der Waals surface area contributed by atoms with Crippen LogP contribution in [0.5, 0.6) is 0 Å². The molecule has 0 bridgehead atoms. The molecule has 5 heteroatoms. The molecule has 0 aliphatic carbocycles. The molecule has 4 rings (SSSR count). The van der Waals surface area contributed by atoms with Gasteiger partial charge in [0.05, 0.1) is 12.2 Å². The molecule has 0 spiro atoms. The van der Waals surface area contributed by atoms with Gasteiger partial charge in [0.25, 0.3) is 0 Å². The highest BCUT2D eigenvalue weighted by molar-refractivity contribution is 5.90. The van der Waals surface area contributed by atoms with Crippen molar-refractivity contribution in [2.45, 2.75) is 26.8 Å². The van der Waals surface area contributed by atoms with E-state index in [1.54, 1.807) is 0 Å². The number of amides is 2. The van der Waals surface area contributed by atoms with Gasteiger partial charge in [-0.2, -0.15) is 0 Å². The predicted octanol–water partition coefficient (Wildman–Crippen LogP) is 4.35. The summed E-state index contributed by atoms with van der Waals surface area (Å²) in [4.78, 5) is 23.7. The fourth-order valence-corrected chi connectivity index (χ4v) is 3.36. The zero-order chi connectivity index (χ0) is 18.8. The molecule has 136 valence electrons. The van der Waals surface area contributed by atoms with Crippen LogP contribution in [0.3, 0.4) is 0 Å². The minimum atomic E-state index is -0.0836. The highest BCUT2D eigenvalue weighted by atomic mass is 16.2. The maximum Gasteiger partial charge on any atom is 0.322 e. The first-order valence-corrected chi connectivity index (χ1v) is 9.13. The van der Waals surface area contributed by atoms with E-state index in [1.165, 1.54) is 5.56 Å². The van der Waals surface area contributed by atoms with E-state index in [9.17, 15) is 4.79 Å². The van der Waals surface area contributed by atoms with E-state index in [0.717, 1.165) is 40.3 Å². The molecule has 1 N–H and O–H groups in total. The predicted molar refractivity (Wildman–Crippen MR) is 107 cm³/mol. The third-order valence-electron chi connectivity index (χ3n) is 4.88. The lowest BCUT2D eigenvalue weighted by atomic mass is 10.1. The van der Waals surface area contributed by atoms with E-state index in [2.05, 4.69) is 16.4 Å². The Balaban J connectivity index is 1.49. The molecule has 0 saturated carbocycles. The number of nitrogens with one attached hydrogen (secondary N) is 1. The van der Waals surface area contributed by atoms with Gasteiger partial charge in [-0.15, -0.1) is 0 Å². The van der Waals surface area contributed by atoms with Crippen molar-refractivity contribution in [2.75, 3.05) is 11.9 Å². The largest absolute Gasteiger partial charge is 0.322 e. The van der Waals surface area contributed by atoms with Gasteiger partial charge in [0.1, 0.15) is 0 Å². The molecular formula is C22H22N4O. The Hall–Kier alpha value is -3.21. The summed E-state index contributed by atoms with van der Waals surface area (Å²) < 4.78 is 0. The molecule has 1 aliphatic rings. The molecule has 1 aromatic heterocycles. The minimum Gasteiger partial charge on any atom is -0.320 e. The molecule has 2 amide bonds. The summed E-state index contributed by atoms with van der Waals surface area (Å²) in [6.07, 6.45) is 2.58. The quantitative estimate of drug-likeness (QED) is 0.741. The fraction of sp³-hybridized carbons (Fsp3) is 0.227. The first kappa shape index (κ1) is 17.2. The van der Waals surface area contributed by atoms with Crippen LogP contribution in [0, 0.1) is 13.8 Å². The van der Waals surface area contributed by atoms with Crippen molar-refractivity contribution in [3.05, 3.63) is 77.1 Å². The SMILES string of the molecule is Cc1ccc(NC(=O)N2CCc3nc(-c4ccccc4)ncc3C2)c(C)c1. The molecule has 1 aliphatic heterocycles. The lowest BCUT2D eigenvalue weighted by Gasteiger charge is -2.28. The standard InChI is InChI=1S/C22H22N4O/c1-15-8-9-19(16(2)12-15)25-22(27)26-11-10-20-18(14-26)13-23-21(24-20)17-6-4-3-5-7-17/h3-9,12-13H,10-11,14H2,1-2H3,(H,25,27). The van der Waals surface area contributed by atoms with Crippen molar-refractivity contribution in [1.82, 2.24) is 14.9 Å². The molecule has 0 unspecified atom stereocenters. The van der Waals surface area contributed by atoms with Crippen molar-refractivity contribution in [3.63, 3.8) is 0 Å². The van der Waals surface area contributed by atoms with Crippen LogP contribution in [0.25, 0.3) is 11.4 Å². The summed E-state index contributed by atoms with van der Waals surface area (Å²) in [7, 11) is 0. The maximum absolute atomic E-state index is 12.7. The molecule has 0 saturated heterocycles. The van der Waals surface area contributed by atoms with Crippen LogP contribution in [0.2, 0.25) is 0 Å². The van der Waals surface area contributed by atoms with E-state index < -0.39 is 0 Å². The van der Waals surface area contributed by atoms with Gasteiger partial charge < -0.3 is 10.2 Å². The van der Waals surface area contributed by atoms with Gasteiger partial charge in [-0.05, 0) is 25.5 Å². The Kier molecular flexibility index (Phi) is 4.59. The molecule has 3 aromatic rings. The van der Waals surface area contributed by atoms with E-state index >= 15 is 0 Å². The van der Waals surface area contributed by atoms with E-state index in [-0.39, 0.29) is 6.03 Å². The fourth-order valence-electron chi connectivity index (χ4n) is 3.36. The van der Waals surface area contributed by atoms with Gasteiger partial charge in [-0.25, -0.2) is 14.8 Å². The number of urea groups is 1.